The van der Waals surface area contributed by atoms with Gasteiger partial charge in [0.15, 0.2) is 0 Å². The van der Waals surface area contributed by atoms with E-state index >= 15 is 0 Å². The highest BCUT2D eigenvalue weighted by Gasteiger charge is 1.89. The van der Waals surface area contributed by atoms with E-state index in [1.54, 1.807) is 5.01 Å². The van der Waals surface area contributed by atoms with Gasteiger partial charge in [0.2, 0.25) is 0 Å². The molecule has 0 bridgehead atoms. The third kappa shape index (κ3) is 4.22. The summed E-state index contributed by atoms with van der Waals surface area (Å²) in [6.45, 7) is 0. The lowest BCUT2D eigenvalue weighted by atomic mass is 10.2. The number of hydrogen-bond acceptors (Lipinski definition) is 2. The zero-order chi connectivity index (χ0) is 11.1. The van der Waals surface area contributed by atoms with E-state index in [1.165, 1.54) is 0 Å². The lowest BCUT2D eigenvalue weighted by molar-refractivity contribution is 0.130. The molecule has 0 unspecified atom stereocenters. The first-order valence-electron chi connectivity index (χ1n) is 4.68. The van der Waals surface area contributed by atoms with Gasteiger partial charge in [-0.3, -0.25) is 5.01 Å². The molecule has 0 N–H and O–H groups in total. The van der Waals surface area contributed by atoms with Crippen molar-refractivity contribution in [3.8, 4) is 23.8 Å². The Morgan fingerprint density at radius 1 is 0.933 bits per heavy atom. The van der Waals surface area contributed by atoms with Crippen LogP contribution >= 0.6 is 0 Å². The minimum atomic E-state index is 0.985. The van der Waals surface area contributed by atoms with Gasteiger partial charge in [0.25, 0.3) is 0 Å². The van der Waals surface area contributed by atoms with Crippen molar-refractivity contribution in [3.05, 3.63) is 35.9 Å². The summed E-state index contributed by atoms with van der Waals surface area (Å²) in [5.74, 6) is 8.57. The average molecular weight is 198 g/mol. The van der Waals surface area contributed by atoms with E-state index in [-0.39, 0.29) is 0 Å². The lowest BCUT2D eigenvalue weighted by Gasteiger charge is -2.18. The van der Waals surface area contributed by atoms with Crippen molar-refractivity contribution in [2.75, 3.05) is 21.1 Å². The summed E-state index contributed by atoms with van der Waals surface area (Å²) in [4.78, 5) is 0. The molecule has 0 radical (unpaired) electrons. The summed E-state index contributed by atoms with van der Waals surface area (Å²) in [6.07, 6.45) is 0. The Morgan fingerprint density at radius 2 is 1.60 bits per heavy atom. The van der Waals surface area contributed by atoms with Crippen LogP contribution in [0.15, 0.2) is 30.3 Å². The summed E-state index contributed by atoms with van der Waals surface area (Å²) in [5, 5.41) is 3.66. The van der Waals surface area contributed by atoms with Crippen LogP contribution in [-0.4, -0.2) is 31.2 Å². The van der Waals surface area contributed by atoms with Gasteiger partial charge < -0.3 is 0 Å². The second kappa shape index (κ2) is 5.75. The van der Waals surface area contributed by atoms with Gasteiger partial charge in [0, 0.05) is 38.7 Å². The van der Waals surface area contributed by atoms with Crippen LogP contribution in [0, 0.1) is 23.8 Å². The van der Waals surface area contributed by atoms with Crippen LogP contribution < -0.4 is 0 Å². The summed E-state index contributed by atoms with van der Waals surface area (Å²) < 4.78 is 0. The molecule has 0 saturated heterocycles. The van der Waals surface area contributed by atoms with Gasteiger partial charge in [-0.25, -0.2) is 5.01 Å². The Bertz CT molecular complexity index is 413. The summed E-state index contributed by atoms with van der Waals surface area (Å²) in [6, 6.07) is 12.7. The van der Waals surface area contributed by atoms with Crippen LogP contribution in [0.2, 0.25) is 0 Å². The Hall–Kier alpha value is -1.90. The van der Waals surface area contributed by atoms with Crippen LogP contribution in [0.1, 0.15) is 5.56 Å². The maximum atomic E-state index is 2.97. The second-order valence-corrected chi connectivity index (χ2v) is 3.22. The normalized spacial score (nSPS) is 8.53. The summed E-state index contributed by atoms with van der Waals surface area (Å²) >= 11 is 0. The Balaban J connectivity index is 2.61. The van der Waals surface area contributed by atoms with Gasteiger partial charge in [-0.2, -0.15) is 0 Å². The molecular weight excluding hydrogens is 184 g/mol. The number of hydrazine groups is 1. The monoisotopic (exact) mass is 198 g/mol. The predicted octanol–water partition coefficient (Wildman–Crippen LogP) is 1.41. The third-order valence-electron chi connectivity index (χ3n) is 1.86. The van der Waals surface area contributed by atoms with E-state index < -0.39 is 0 Å². The Kier molecular flexibility index (Phi) is 4.29. The summed E-state index contributed by atoms with van der Waals surface area (Å²) in [7, 11) is 5.75. The molecule has 1 aromatic rings. The van der Waals surface area contributed by atoms with Gasteiger partial charge in [-0.05, 0) is 18.1 Å². The highest BCUT2D eigenvalue weighted by atomic mass is 15.6. The van der Waals surface area contributed by atoms with E-state index in [0.717, 1.165) is 5.56 Å². The Morgan fingerprint density at radius 3 is 2.20 bits per heavy atom. The fraction of sp³-hybridized carbons (Fsp3) is 0.231. The standard InChI is InChI=1S/C13H14N2/c1-14(2)15(3)12-8-7-11-13-9-5-4-6-10-13/h4-6,9-10H,1-3H3. The molecule has 0 heterocycles. The number of nitrogens with zero attached hydrogens (tertiary/aromatic N) is 2. The van der Waals surface area contributed by atoms with Crippen molar-refractivity contribution in [1.29, 1.82) is 0 Å². The smallest absolute Gasteiger partial charge is 0.0374 e. The van der Waals surface area contributed by atoms with Gasteiger partial charge in [-0.15, -0.1) is 0 Å². The van der Waals surface area contributed by atoms with Gasteiger partial charge >= 0.3 is 0 Å². The number of rotatable bonds is 1. The maximum absolute atomic E-state index is 2.97. The van der Waals surface area contributed by atoms with Crippen molar-refractivity contribution in [1.82, 2.24) is 10.0 Å². The molecule has 1 aromatic carbocycles. The SMILES string of the molecule is CN(C)N(C)C#CC#Cc1ccccc1. The molecule has 15 heavy (non-hydrogen) atoms. The molecule has 0 fully saturated rings. The van der Waals surface area contributed by atoms with Gasteiger partial charge in [0.05, 0.1) is 0 Å². The molecule has 0 amide bonds. The molecule has 76 valence electrons. The molecule has 0 atom stereocenters. The van der Waals surface area contributed by atoms with E-state index in [1.807, 2.05) is 56.5 Å². The topological polar surface area (TPSA) is 6.48 Å². The highest BCUT2D eigenvalue weighted by molar-refractivity contribution is 5.39. The van der Waals surface area contributed by atoms with Crippen molar-refractivity contribution >= 4 is 0 Å². The third-order valence-corrected chi connectivity index (χ3v) is 1.86. The van der Waals surface area contributed by atoms with E-state index in [0.29, 0.717) is 0 Å². The van der Waals surface area contributed by atoms with Crippen molar-refractivity contribution in [2.24, 2.45) is 0 Å². The zero-order valence-electron chi connectivity index (χ0n) is 9.28. The van der Waals surface area contributed by atoms with Crippen molar-refractivity contribution in [3.63, 3.8) is 0 Å². The van der Waals surface area contributed by atoms with Gasteiger partial charge in [0.1, 0.15) is 0 Å². The molecule has 0 spiro atoms. The first kappa shape index (κ1) is 11.2. The van der Waals surface area contributed by atoms with Crippen LogP contribution in [0.4, 0.5) is 0 Å². The van der Waals surface area contributed by atoms with Crippen molar-refractivity contribution in [2.45, 2.75) is 0 Å². The molecule has 0 aromatic heterocycles. The van der Waals surface area contributed by atoms with E-state index in [9.17, 15) is 0 Å². The largest absolute Gasteiger partial charge is 0.267 e. The maximum Gasteiger partial charge on any atom is 0.0374 e. The zero-order valence-corrected chi connectivity index (χ0v) is 9.28. The van der Waals surface area contributed by atoms with Crippen molar-refractivity contribution < 1.29 is 0 Å². The van der Waals surface area contributed by atoms with E-state index in [2.05, 4.69) is 23.8 Å². The molecule has 1 rings (SSSR count). The molecule has 2 heteroatoms. The second-order valence-electron chi connectivity index (χ2n) is 3.22. The van der Waals surface area contributed by atoms with E-state index in [4.69, 9.17) is 0 Å². The number of hydrogen-bond donors (Lipinski definition) is 0. The van der Waals surface area contributed by atoms with Crippen LogP contribution in [0.5, 0.6) is 0 Å². The summed E-state index contributed by atoms with van der Waals surface area (Å²) in [5.41, 5.74) is 0.985. The van der Waals surface area contributed by atoms with Crippen LogP contribution in [0.3, 0.4) is 0 Å². The first-order valence-corrected chi connectivity index (χ1v) is 4.68. The molecule has 0 aliphatic heterocycles. The molecule has 0 aliphatic carbocycles. The fourth-order valence-corrected chi connectivity index (χ4v) is 0.834. The average Bonchev–Trinajstić information content (AvgIpc) is 2.25. The first-order chi connectivity index (χ1) is 7.20. The van der Waals surface area contributed by atoms with Crippen LogP contribution in [-0.2, 0) is 0 Å². The molecule has 0 saturated carbocycles. The lowest BCUT2D eigenvalue weighted by Crippen LogP contribution is -2.28. The fourth-order valence-electron chi connectivity index (χ4n) is 0.834. The molecular formula is C13H14N2. The molecule has 2 nitrogen and oxygen atoms in total. The van der Waals surface area contributed by atoms with Gasteiger partial charge in [-0.1, -0.05) is 24.1 Å². The minimum Gasteiger partial charge on any atom is -0.267 e. The minimum absolute atomic E-state index is 0.985. The predicted molar refractivity (Wildman–Crippen MR) is 62.5 cm³/mol. The Labute approximate surface area is 91.5 Å². The quantitative estimate of drug-likeness (QED) is 0.382. The number of benzene rings is 1. The van der Waals surface area contributed by atoms with Crippen LogP contribution in [0.25, 0.3) is 0 Å². The molecule has 0 aliphatic rings. The highest BCUT2D eigenvalue weighted by Crippen LogP contribution is 1.94.